The number of pyridine rings is 1. The van der Waals surface area contributed by atoms with Crippen LogP contribution in [-0.4, -0.2) is 37.1 Å². The van der Waals surface area contributed by atoms with Crippen LogP contribution < -0.4 is 10.0 Å². The van der Waals surface area contributed by atoms with Gasteiger partial charge in [0.25, 0.3) is 0 Å². The van der Waals surface area contributed by atoms with Crippen LogP contribution in [0.4, 0.5) is 5.82 Å². The van der Waals surface area contributed by atoms with E-state index in [1.54, 1.807) is 14.0 Å². The van der Waals surface area contributed by atoms with E-state index in [1.165, 1.54) is 12.3 Å². The van der Waals surface area contributed by atoms with Crippen molar-refractivity contribution in [2.45, 2.75) is 18.2 Å². The Bertz CT molecular complexity index is 731. The molecule has 0 aliphatic carbocycles. The van der Waals surface area contributed by atoms with E-state index in [4.69, 9.17) is 4.52 Å². The van der Waals surface area contributed by atoms with E-state index in [9.17, 15) is 8.42 Å². The van der Waals surface area contributed by atoms with Crippen molar-refractivity contribution < 1.29 is 12.9 Å². The van der Waals surface area contributed by atoms with Crippen LogP contribution in [0.3, 0.4) is 0 Å². The standard InChI is InChI=1S/C11H14BrN5O3S/c1-7-16-10(20-17-7)3-4-15-21(18,19)9-5-8(12)6-14-11(9)13-2/h5-6,15H,3-4H2,1-2H3,(H,13,14). The zero-order valence-electron chi connectivity index (χ0n) is 11.4. The third-order valence-electron chi connectivity index (χ3n) is 2.55. The van der Waals surface area contributed by atoms with Crippen LogP contribution in [0.15, 0.2) is 26.2 Å². The first-order chi connectivity index (χ1) is 9.92. The van der Waals surface area contributed by atoms with Gasteiger partial charge >= 0.3 is 0 Å². The molecule has 2 N–H and O–H groups in total. The van der Waals surface area contributed by atoms with Crippen LogP contribution in [0.5, 0.6) is 0 Å². The SMILES string of the molecule is CNc1ncc(Br)cc1S(=O)(=O)NCCc1nc(C)no1. The molecular weight excluding hydrogens is 362 g/mol. The molecule has 114 valence electrons. The number of anilines is 1. The number of sulfonamides is 1. The molecule has 10 heteroatoms. The lowest BCUT2D eigenvalue weighted by molar-refractivity contribution is 0.375. The summed E-state index contributed by atoms with van der Waals surface area (Å²) >= 11 is 3.21. The van der Waals surface area contributed by atoms with Gasteiger partial charge in [0.1, 0.15) is 10.7 Å². The summed E-state index contributed by atoms with van der Waals surface area (Å²) in [5.74, 6) is 1.18. The van der Waals surface area contributed by atoms with Crippen molar-refractivity contribution in [3.8, 4) is 0 Å². The fraction of sp³-hybridized carbons (Fsp3) is 0.364. The number of nitrogens with one attached hydrogen (secondary N) is 2. The fourth-order valence-electron chi connectivity index (χ4n) is 1.62. The molecule has 0 aliphatic rings. The Balaban J connectivity index is 2.09. The van der Waals surface area contributed by atoms with E-state index in [2.05, 4.69) is 41.1 Å². The molecule has 0 radical (unpaired) electrons. The molecular formula is C11H14BrN5O3S. The summed E-state index contributed by atoms with van der Waals surface area (Å²) in [6.45, 7) is 1.85. The summed E-state index contributed by atoms with van der Waals surface area (Å²) in [7, 11) is -2.08. The number of aryl methyl sites for hydroxylation is 1. The topological polar surface area (TPSA) is 110 Å². The first-order valence-electron chi connectivity index (χ1n) is 6.04. The lowest BCUT2D eigenvalue weighted by atomic mass is 10.4. The van der Waals surface area contributed by atoms with Crippen LogP contribution in [-0.2, 0) is 16.4 Å². The van der Waals surface area contributed by atoms with Gasteiger partial charge in [0.15, 0.2) is 5.82 Å². The molecule has 2 heterocycles. The third kappa shape index (κ3) is 3.99. The van der Waals surface area contributed by atoms with Crippen molar-refractivity contribution in [2.75, 3.05) is 18.9 Å². The van der Waals surface area contributed by atoms with Crippen molar-refractivity contribution in [1.82, 2.24) is 19.8 Å². The molecule has 8 nitrogen and oxygen atoms in total. The number of hydrogen-bond acceptors (Lipinski definition) is 7. The quantitative estimate of drug-likeness (QED) is 0.777. The number of rotatable bonds is 6. The maximum atomic E-state index is 12.3. The average Bonchev–Trinajstić information content (AvgIpc) is 2.84. The minimum Gasteiger partial charge on any atom is -0.372 e. The van der Waals surface area contributed by atoms with Gasteiger partial charge in [-0.15, -0.1) is 0 Å². The maximum Gasteiger partial charge on any atom is 0.244 e. The highest BCUT2D eigenvalue weighted by molar-refractivity contribution is 9.10. The summed E-state index contributed by atoms with van der Waals surface area (Å²) in [6.07, 6.45) is 1.84. The molecule has 2 aromatic rings. The summed E-state index contributed by atoms with van der Waals surface area (Å²) in [4.78, 5) is 8.09. The second-order valence-corrected chi connectivity index (χ2v) is 6.78. The van der Waals surface area contributed by atoms with Gasteiger partial charge in [0.05, 0.1) is 0 Å². The van der Waals surface area contributed by atoms with Crippen LogP contribution >= 0.6 is 15.9 Å². The monoisotopic (exact) mass is 375 g/mol. The van der Waals surface area contributed by atoms with E-state index in [0.717, 1.165) is 0 Å². The summed E-state index contributed by atoms with van der Waals surface area (Å²) in [6, 6.07) is 1.48. The number of nitrogens with zero attached hydrogens (tertiary/aromatic N) is 3. The largest absolute Gasteiger partial charge is 0.372 e. The molecule has 0 saturated carbocycles. The van der Waals surface area contributed by atoms with E-state index in [-0.39, 0.29) is 17.3 Å². The highest BCUT2D eigenvalue weighted by Crippen LogP contribution is 2.22. The summed E-state index contributed by atoms with van der Waals surface area (Å²) < 4.78 is 32.5. The zero-order valence-corrected chi connectivity index (χ0v) is 13.8. The molecule has 0 unspecified atom stereocenters. The smallest absolute Gasteiger partial charge is 0.244 e. The molecule has 2 aromatic heterocycles. The molecule has 0 amide bonds. The van der Waals surface area contributed by atoms with Gasteiger partial charge in [0, 0.05) is 30.7 Å². The number of aromatic nitrogens is 3. The van der Waals surface area contributed by atoms with Crippen molar-refractivity contribution in [3.05, 3.63) is 28.5 Å². The van der Waals surface area contributed by atoms with Gasteiger partial charge in [-0.2, -0.15) is 4.98 Å². The van der Waals surface area contributed by atoms with E-state index in [0.29, 0.717) is 22.6 Å². The predicted octanol–water partition coefficient (Wildman–Crippen LogP) is 1.10. The molecule has 0 saturated heterocycles. The van der Waals surface area contributed by atoms with Gasteiger partial charge in [-0.3, -0.25) is 0 Å². The Kier molecular flexibility index (Phi) is 4.91. The minimum absolute atomic E-state index is 0.0704. The normalized spacial score (nSPS) is 11.6. The van der Waals surface area contributed by atoms with E-state index < -0.39 is 10.0 Å². The lowest BCUT2D eigenvalue weighted by Gasteiger charge is -2.10. The van der Waals surface area contributed by atoms with E-state index in [1.807, 2.05) is 0 Å². The molecule has 0 aromatic carbocycles. The molecule has 0 fully saturated rings. The van der Waals surface area contributed by atoms with Crippen molar-refractivity contribution in [3.63, 3.8) is 0 Å². The number of halogens is 1. The highest BCUT2D eigenvalue weighted by Gasteiger charge is 2.19. The molecule has 0 aliphatic heterocycles. The fourth-order valence-corrected chi connectivity index (χ4v) is 3.33. The Labute approximate surface area is 130 Å². The summed E-state index contributed by atoms with van der Waals surface area (Å²) in [5, 5.41) is 6.39. The first-order valence-corrected chi connectivity index (χ1v) is 8.32. The Morgan fingerprint density at radius 1 is 1.43 bits per heavy atom. The molecule has 0 bridgehead atoms. The maximum absolute atomic E-state index is 12.3. The van der Waals surface area contributed by atoms with Gasteiger partial charge < -0.3 is 9.84 Å². The molecule has 2 rings (SSSR count). The Morgan fingerprint density at radius 2 is 2.19 bits per heavy atom. The van der Waals surface area contributed by atoms with Crippen molar-refractivity contribution in [1.29, 1.82) is 0 Å². The van der Waals surface area contributed by atoms with E-state index >= 15 is 0 Å². The van der Waals surface area contributed by atoms with Gasteiger partial charge in [-0.05, 0) is 28.9 Å². The number of hydrogen-bond donors (Lipinski definition) is 2. The van der Waals surface area contributed by atoms with Gasteiger partial charge in [-0.1, -0.05) is 5.16 Å². The lowest BCUT2D eigenvalue weighted by Crippen LogP contribution is -2.27. The van der Waals surface area contributed by atoms with Crippen molar-refractivity contribution >= 4 is 31.8 Å². The Hall–Kier alpha value is -1.52. The predicted molar refractivity (Wildman–Crippen MR) is 79.4 cm³/mol. The van der Waals surface area contributed by atoms with Crippen LogP contribution in [0.25, 0.3) is 0 Å². The molecule has 0 spiro atoms. The third-order valence-corrected chi connectivity index (χ3v) is 4.45. The minimum atomic E-state index is -3.68. The molecule has 0 atom stereocenters. The van der Waals surface area contributed by atoms with Crippen LogP contribution in [0.1, 0.15) is 11.7 Å². The second-order valence-electron chi connectivity index (χ2n) is 4.13. The highest BCUT2D eigenvalue weighted by atomic mass is 79.9. The molecule has 21 heavy (non-hydrogen) atoms. The van der Waals surface area contributed by atoms with Crippen LogP contribution in [0, 0.1) is 6.92 Å². The van der Waals surface area contributed by atoms with Crippen molar-refractivity contribution in [2.24, 2.45) is 0 Å². The zero-order chi connectivity index (χ0) is 15.5. The van der Waals surface area contributed by atoms with Gasteiger partial charge in [0.2, 0.25) is 15.9 Å². The average molecular weight is 376 g/mol. The first kappa shape index (κ1) is 15.9. The second kappa shape index (κ2) is 6.50. The Morgan fingerprint density at radius 3 is 2.81 bits per heavy atom. The summed E-state index contributed by atoms with van der Waals surface area (Å²) in [5.41, 5.74) is 0. The van der Waals surface area contributed by atoms with Crippen LogP contribution in [0.2, 0.25) is 0 Å². The van der Waals surface area contributed by atoms with Gasteiger partial charge in [-0.25, -0.2) is 18.1 Å².